The number of hydrogen-bond acceptors (Lipinski definition) is 4. The van der Waals surface area contributed by atoms with Gasteiger partial charge >= 0.3 is 11.9 Å². The summed E-state index contributed by atoms with van der Waals surface area (Å²) in [5.74, 6) is -3.74. The Morgan fingerprint density at radius 1 is 1.25 bits per heavy atom. The maximum atomic E-state index is 13.9. The van der Waals surface area contributed by atoms with E-state index in [1.807, 2.05) is 0 Å². The third kappa shape index (κ3) is 2.86. The molecule has 7 heteroatoms. The summed E-state index contributed by atoms with van der Waals surface area (Å²) in [6.07, 6.45) is 1.07. The zero-order valence-electron chi connectivity index (χ0n) is 10.5. The normalized spacial score (nSPS) is 17.6. The van der Waals surface area contributed by atoms with E-state index < -0.39 is 23.5 Å². The Morgan fingerprint density at radius 2 is 1.80 bits per heavy atom. The van der Waals surface area contributed by atoms with E-state index in [9.17, 15) is 14.0 Å². The molecule has 1 aromatic rings. The van der Waals surface area contributed by atoms with Crippen LogP contribution in [-0.2, 0) is 19.1 Å². The van der Waals surface area contributed by atoms with Crippen LogP contribution in [0.5, 0.6) is 0 Å². The number of esters is 2. The maximum Gasteiger partial charge on any atom is 0.348 e. The van der Waals surface area contributed by atoms with Crippen molar-refractivity contribution in [1.29, 1.82) is 0 Å². The van der Waals surface area contributed by atoms with E-state index >= 15 is 0 Å². The van der Waals surface area contributed by atoms with Gasteiger partial charge in [-0.1, -0.05) is 17.7 Å². The predicted molar refractivity (Wildman–Crippen MR) is 73.4 cm³/mol. The summed E-state index contributed by atoms with van der Waals surface area (Å²) in [5.41, 5.74) is -0.359. The van der Waals surface area contributed by atoms with Crippen molar-refractivity contribution in [3.63, 3.8) is 0 Å². The van der Waals surface area contributed by atoms with Crippen LogP contribution in [0.15, 0.2) is 22.2 Å². The van der Waals surface area contributed by atoms with Gasteiger partial charge in [0.05, 0.1) is 9.50 Å². The van der Waals surface area contributed by atoms with E-state index in [2.05, 4.69) is 15.9 Å². The summed E-state index contributed by atoms with van der Waals surface area (Å²) in [7, 11) is 0. The fourth-order valence-electron chi connectivity index (χ4n) is 1.59. The molecule has 0 radical (unpaired) electrons. The van der Waals surface area contributed by atoms with Crippen LogP contribution in [-0.4, -0.2) is 17.7 Å². The molecule has 1 saturated heterocycles. The largest absolute Gasteiger partial charge is 0.419 e. The summed E-state index contributed by atoms with van der Waals surface area (Å²) in [4.78, 5) is 23.5. The summed E-state index contributed by atoms with van der Waals surface area (Å²) >= 11 is 8.71. The van der Waals surface area contributed by atoms with Crippen LogP contribution in [0.2, 0.25) is 5.02 Å². The lowest BCUT2D eigenvalue weighted by atomic mass is 10.1. The van der Waals surface area contributed by atoms with Gasteiger partial charge in [-0.15, -0.1) is 0 Å². The fourth-order valence-corrected chi connectivity index (χ4v) is 2.09. The van der Waals surface area contributed by atoms with Gasteiger partial charge < -0.3 is 9.47 Å². The molecule has 20 heavy (non-hydrogen) atoms. The number of carbonyl (C=O) groups excluding carboxylic acids is 2. The standard InChI is InChI=1S/C13H9BrClFO4/c1-13(2)19-11(17)7(12(18)20-13)5-6-3-4-8(15)9(14)10(6)16/h3-5H,1-2H3. The van der Waals surface area contributed by atoms with Crippen LogP contribution in [0.25, 0.3) is 6.08 Å². The number of rotatable bonds is 1. The molecule has 1 aromatic carbocycles. The zero-order valence-corrected chi connectivity index (χ0v) is 12.8. The second-order valence-corrected chi connectivity index (χ2v) is 5.70. The Morgan fingerprint density at radius 3 is 2.35 bits per heavy atom. The number of benzene rings is 1. The highest BCUT2D eigenvalue weighted by molar-refractivity contribution is 9.10. The van der Waals surface area contributed by atoms with Crippen LogP contribution in [0, 0.1) is 5.82 Å². The first-order valence-electron chi connectivity index (χ1n) is 5.53. The second-order valence-electron chi connectivity index (χ2n) is 4.50. The van der Waals surface area contributed by atoms with Gasteiger partial charge in [-0.05, 0) is 28.1 Å². The first-order chi connectivity index (χ1) is 9.21. The van der Waals surface area contributed by atoms with Gasteiger partial charge in [0.1, 0.15) is 11.4 Å². The van der Waals surface area contributed by atoms with Gasteiger partial charge in [0.2, 0.25) is 0 Å². The number of hydrogen-bond donors (Lipinski definition) is 0. The minimum absolute atomic E-state index is 0.0184. The quantitative estimate of drug-likeness (QED) is 0.332. The minimum Gasteiger partial charge on any atom is -0.419 e. The Labute approximate surface area is 127 Å². The van der Waals surface area contributed by atoms with Crippen molar-refractivity contribution >= 4 is 45.5 Å². The van der Waals surface area contributed by atoms with Crippen LogP contribution in [0.1, 0.15) is 19.4 Å². The van der Waals surface area contributed by atoms with E-state index in [0.29, 0.717) is 0 Å². The van der Waals surface area contributed by atoms with E-state index in [0.717, 1.165) is 6.08 Å². The molecule has 0 N–H and O–H groups in total. The molecule has 4 nitrogen and oxygen atoms in total. The van der Waals surface area contributed by atoms with Gasteiger partial charge in [-0.3, -0.25) is 0 Å². The number of halogens is 3. The molecular formula is C13H9BrClFO4. The summed E-state index contributed by atoms with van der Waals surface area (Å²) in [6, 6.07) is 2.78. The molecular weight excluding hydrogens is 354 g/mol. The van der Waals surface area contributed by atoms with E-state index in [1.165, 1.54) is 26.0 Å². The molecule has 0 aromatic heterocycles. The smallest absolute Gasteiger partial charge is 0.348 e. The van der Waals surface area contributed by atoms with E-state index in [4.69, 9.17) is 21.1 Å². The van der Waals surface area contributed by atoms with Gasteiger partial charge in [-0.25, -0.2) is 14.0 Å². The Bertz CT molecular complexity index is 618. The minimum atomic E-state index is -1.33. The first kappa shape index (κ1) is 15.0. The van der Waals surface area contributed by atoms with Crippen molar-refractivity contribution in [3.8, 4) is 0 Å². The first-order valence-corrected chi connectivity index (χ1v) is 6.70. The average Bonchev–Trinajstić information content (AvgIpc) is 2.32. The molecule has 106 valence electrons. The molecule has 2 rings (SSSR count). The second kappa shape index (κ2) is 5.18. The van der Waals surface area contributed by atoms with Gasteiger partial charge in [0, 0.05) is 19.4 Å². The number of ether oxygens (including phenoxy) is 2. The van der Waals surface area contributed by atoms with Crippen LogP contribution < -0.4 is 0 Å². The molecule has 1 aliphatic rings. The highest BCUT2D eigenvalue weighted by Crippen LogP contribution is 2.30. The van der Waals surface area contributed by atoms with Crippen molar-refractivity contribution in [2.75, 3.05) is 0 Å². The Hall–Kier alpha value is -1.40. The van der Waals surface area contributed by atoms with Crippen LogP contribution in [0.4, 0.5) is 4.39 Å². The van der Waals surface area contributed by atoms with Crippen molar-refractivity contribution in [2.45, 2.75) is 19.6 Å². The van der Waals surface area contributed by atoms with Crippen molar-refractivity contribution in [2.24, 2.45) is 0 Å². The van der Waals surface area contributed by atoms with E-state index in [-0.39, 0.29) is 20.6 Å². The van der Waals surface area contributed by atoms with Crippen molar-refractivity contribution < 1.29 is 23.5 Å². The predicted octanol–water partition coefficient (Wildman–Crippen LogP) is 3.46. The van der Waals surface area contributed by atoms with Gasteiger partial charge in [-0.2, -0.15) is 0 Å². The topological polar surface area (TPSA) is 52.6 Å². The molecule has 0 amide bonds. The highest BCUT2D eigenvalue weighted by Gasteiger charge is 2.39. The average molecular weight is 364 g/mol. The third-order valence-electron chi connectivity index (χ3n) is 2.48. The number of carbonyl (C=O) groups is 2. The maximum absolute atomic E-state index is 13.9. The Balaban J connectivity index is 2.44. The molecule has 0 spiro atoms. The molecule has 1 fully saturated rings. The molecule has 1 heterocycles. The molecule has 0 saturated carbocycles. The number of cyclic esters (lactones) is 2. The van der Waals surface area contributed by atoms with E-state index in [1.54, 1.807) is 0 Å². The summed E-state index contributed by atoms with van der Waals surface area (Å²) in [5, 5.41) is 0.180. The molecule has 1 aliphatic heterocycles. The lowest BCUT2D eigenvalue weighted by Crippen LogP contribution is -2.41. The lowest BCUT2D eigenvalue weighted by molar-refractivity contribution is -0.222. The highest BCUT2D eigenvalue weighted by atomic mass is 79.9. The molecule has 0 aliphatic carbocycles. The molecule has 0 bridgehead atoms. The lowest BCUT2D eigenvalue weighted by Gasteiger charge is -2.29. The SMILES string of the molecule is CC1(C)OC(=O)C(=Cc2ccc(Cl)c(Br)c2F)C(=O)O1. The van der Waals surface area contributed by atoms with Crippen molar-refractivity contribution in [1.82, 2.24) is 0 Å². The molecule has 0 atom stereocenters. The van der Waals surface area contributed by atoms with Gasteiger partial charge in [0.25, 0.3) is 5.79 Å². The zero-order chi connectivity index (χ0) is 15.1. The summed E-state index contributed by atoms with van der Waals surface area (Å²) in [6.45, 7) is 2.86. The third-order valence-corrected chi connectivity index (χ3v) is 3.80. The fraction of sp³-hybridized carbons (Fsp3) is 0.231. The monoisotopic (exact) mass is 362 g/mol. The molecule has 0 unspecified atom stereocenters. The van der Waals surface area contributed by atoms with Crippen molar-refractivity contribution in [3.05, 3.63) is 38.6 Å². The van der Waals surface area contributed by atoms with Crippen LogP contribution >= 0.6 is 27.5 Å². The van der Waals surface area contributed by atoms with Crippen LogP contribution in [0.3, 0.4) is 0 Å². The Kier molecular flexibility index (Phi) is 3.88. The van der Waals surface area contributed by atoms with Gasteiger partial charge in [0.15, 0.2) is 0 Å². The summed E-state index contributed by atoms with van der Waals surface area (Å²) < 4.78 is 23.8.